The molecular weight excluding hydrogens is 288 g/mol. The highest BCUT2D eigenvalue weighted by Gasteiger charge is 2.26. The first kappa shape index (κ1) is 15.8. The molecule has 1 aliphatic rings. The van der Waals surface area contributed by atoms with Gasteiger partial charge in [-0.05, 0) is 38.8 Å². The Morgan fingerprint density at radius 3 is 2.81 bits per heavy atom. The lowest BCUT2D eigenvalue weighted by molar-refractivity contribution is 0.0939. The topological polar surface area (TPSA) is 75.3 Å². The van der Waals surface area contributed by atoms with E-state index in [1.54, 1.807) is 0 Å². The molecule has 0 aliphatic carbocycles. The lowest BCUT2D eigenvalue weighted by Crippen LogP contribution is -2.43. The molecule has 0 aromatic heterocycles. The number of nitrogens with one attached hydrogen (secondary N) is 2. The van der Waals surface area contributed by atoms with Crippen LogP contribution in [0.2, 0.25) is 0 Å². The maximum absolute atomic E-state index is 12.4. The molecule has 1 fully saturated rings. The van der Waals surface area contributed by atoms with Gasteiger partial charge in [-0.25, -0.2) is 8.42 Å². The van der Waals surface area contributed by atoms with E-state index < -0.39 is 9.84 Å². The fourth-order valence-electron chi connectivity index (χ4n) is 2.59. The van der Waals surface area contributed by atoms with Crippen molar-refractivity contribution >= 4 is 21.4 Å². The summed E-state index contributed by atoms with van der Waals surface area (Å²) in [5.41, 5.74) is 2.34. The van der Waals surface area contributed by atoms with Crippen molar-refractivity contribution in [3.63, 3.8) is 0 Å². The number of anilines is 1. The molecule has 116 valence electrons. The van der Waals surface area contributed by atoms with Crippen molar-refractivity contribution in [2.24, 2.45) is 0 Å². The first-order valence-electron chi connectivity index (χ1n) is 7.27. The second-order valence-electron chi connectivity index (χ2n) is 5.51. The van der Waals surface area contributed by atoms with Crippen LogP contribution in [0.15, 0.2) is 18.2 Å². The summed E-state index contributed by atoms with van der Waals surface area (Å²) in [6, 6.07) is 5.36. The monoisotopic (exact) mass is 310 g/mol. The van der Waals surface area contributed by atoms with Crippen molar-refractivity contribution in [3.05, 3.63) is 29.3 Å². The Morgan fingerprint density at radius 1 is 1.38 bits per heavy atom. The summed E-state index contributed by atoms with van der Waals surface area (Å²) in [5.74, 6) is 0.0600. The minimum atomic E-state index is -3.02. The lowest BCUT2D eigenvalue weighted by Gasteiger charge is -2.23. The van der Waals surface area contributed by atoms with Gasteiger partial charge in [0.1, 0.15) is 0 Å². The van der Waals surface area contributed by atoms with Crippen molar-refractivity contribution in [2.75, 3.05) is 23.4 Å². The number of benzene rings is 1. The molecular formula is C15H22N2O3S. The van der Waals surface area contributed by atoms with Gasteiger partial charge in [-0.2, -0.15) is 0 Å². The lowest BCUT2D eigenvalue weighted by atomic mass is 10.1. The zero-order chi connectivity index (χ0) is 15.5. The van der Waals surface area contributed by atoms with Crippen LogP contribution in [0, 0.1) is 6.92 Å². The van der Waals surface area contributed by atoms with Crippen LogP contribution in [0.5, 0.6) is 0 Å². The van der Waals surface area contributed by atoms with Crippen LogP contribution >= 0.6 is 0 Å². The van der Waals surface area contributed by atoms with Gasteiger partial charge in [0.05, 0.1) is 17.1 Å². The van der Waals surface area contributed by atoms with Gasteiger partial charge in [0.25, 0.3) is 5.91 Å². The van der Waals surface area contributed by atoms with Crippen LogP contribution in [0.25, 0.3) is 0 Å². The molecule has 6 heteroatoms. The predicted molar refractivity (Wildman–Crippen MR) is 84.5 cm³/mol. The highest BCUT2D eigenvalue weighted by Crippen LogP contribution is 2.19. The van der Waals surface area contributed by atoms with Gasteiger partial charge in [0.2, 0.25) is 0 Å². The van der Waals surface area contributed by atoms with E-state index in [4.69, 9.17) is 0 Å². The molecule has 2 rings (SSSR count). The van der Waals surface area contributed by atoms with Crippen LogP contribution in [-0.2, 0) is 9.84 Å². The molecule has 1 aromatic carbocycles. The zero-order valence-corrected chi connectivity index (χ0v) is 13.3. The summed E-state index contributed by atoms with van der Waals surface area (Å²) < 4.78 is 23.3. The summed E-state index contributed by atoms with van der Waals surface area (Å²) in [4.78, 5) is 12.4. The van der Waals surface area contributed by atoms with E-state index in [9.17, 15) is 13.2 Å². The number of hydrogen-bond acceptors (Lipinski definition) is 4. The first-order valence-corrected chi connectivity index (χ1v) is 9.09. The Kier molecular flexibility index (Phi) is 4.88. The molecule has 1 atom stereocenters. The summed E-state index contributed by atoms with van der Waals surface area (Å²) in [7, 11) is -3.02. The van der Waals surface area contributed by atoms with E-state index in [0.29, 0.717) is 18.4 Å². The Balaban J connectivity index is 2.14. The van der Waals surface area contributed by atoms with E-state index in [1.165, 1.54) is 0 Å². The summed E-state index contributed by atoms with van der Waals surface area (Å²) in [6.45, 7) is 4.62. The highest BCUT2D eigenvalue weighted by molar-refractivity contribution is 7.91. The van der Waals surface area contributed by atoms with Crippen molar-refractivity contribution in [3.8, 4) is 0 Å². The number of carbonyl (C=O) groups is 1. The molecule has 1 aromatic rings. The van der Waals surface area contributed by atoms with E-state index >= 15 is 0 Å². The number of hydrogen-bond donors (Lipinski definition) is 2. The van der Waals surface area contributed by atoms with Gasteiger partial charge >= 0.3 is 0 Å². The second-order valence-corrected chi connectivity index (χ2v) is 7.74. The van der Waals surface area contributed by atoms with Crippen molar-refractivity contribution in [1.82, 2.24) is 5.32 Å². The Labute approximate surface area is 126 Å². The highest BCUT2D eigenvalue weighted by atomic mass is 32.2. The number of aryl methyl sites for hydroxylation is 1. The summed E-state index contributed by atoms with van der Waals surface area (Å²) in [6.07, 6.45) is 1.33. The van der Waals surface area contributed by atoms with Crippen LogP contribution in [-0.4, -0.2) is 38.4 Å². The van der Waals surface area contributed by atoms with E-state index in [-0.39, 0.29) is 23.5 Å². The number of sulfone groups is 1. The fraction of sp³-hybridized carbons (Fsp3) is 0.533. The Morgan fingerprint density at radius 2 is 2.14 bits per heavy atom. The minimum absolute atomic E-state index is 0.0428. The maximum atomic E-state index is 12.4. The quantitative estimate of drug-likeness (QED) is 0.888. The number of amides is 1. The third-order valence-electron chi connectivity index (χ3n) is 3.59. The van der Waals surface area contributed by atoms with Crippen LogP contribution in [0.4, 0.5) is 5.69 Å². The van der Waals surface area contributed by atoms with Gasteiger partial charge in [-0.3, -0.25) is 4.79 Å². The zero-order valence-electron chi connectivity index (χ0n) is 12.5. The van der Waals surface area contributed by atoms with E-state index in [2.05, 4.69) is 10.6 Å². The average Bonchev–Trinajstić information content (AvgIpc) is 2.40. The molecule has 21 heavy (non-hydrogen) atoms. The first-order chi connectivity index (χ1) is 9.91. The third kappa shape index (κ3) is 4.20. The van der Waals surface area contributed by atoms with Crippen LogP contribution in [0.1, 0.15) is 35.7 Å². The molecule has 1 heterocycles. The van der Waals surface area contributed by atoms with E-state index in [1.807, 2.05) is 32.0 Å². The maximum Gasteiger partial charge on any atom is 0.253 e. The summed E-state index contributed by atoms with van der Waals surface area (Å²) in [5, 5.41) is 6.02. The number of carbonyl (C=O) groups excluding carboxylic acids is 1. The molecule has 0 spiro atoms. The van der Waals surface area contributed by atoms with Crippen molar-refractivity contribution in [1.29, 1.82) is 0 Å². The van der Waals surface area contributed by atoms with Crippen LogP contribution in [0.3, 0.4) is 0 Å². The molecule has 2 N–H and O–H groups in total. The van der Waals surface area contributed by atoms with Crippen molar-refractivity contribution in [2.45, 2.75) is 32.7 Å². The third-order valence-corrected chi connectivity index (χ3v) is 5.41. The normalized spacial score (nSPS) is 20.8. The van der Waals surface area contributed by atoms with Gasteiger partial charge in [-0.1, -0.05) is 11.6 Å². The molecule has 1 saturated heterocycles. The fourth-order valence-corrected chi connectivity index (χ4v) is 4.23. The van der Waals surface area contributed by atoms with Gasteiger partial charge in [0, 0.05) is 18.3 Å². The van der Waals surface area contributed by atoms with Gasteiger partial charge in [-0.15, -0.1) is 0 Å². The molecule has 1 amide bonds. The molecule has 0 bridgehead atoms. The molecule has 1 aliphatic heterocycles. The summed E-state index contributed by atoms with van der Waals surface area (Å²) >= 11 is 0. The van der Waals surface area contributed by atoms with E-state index in [0.717, 1.165) is 17.8 Å². The number of rotatable bonds is 4. The molecule has 0 radical (unpaired) electrons. The molecule has 5 nitrogen and oxygen atoms in total. The standard InChI is InChI=1S/C15H22N2O3S/c1-3-16-14-7-6-11(2)9-13(14)15(18)17-12-5-4-8-21(19,20)10-12/h6-7,9,12,16H,3-5,8,10H2,1-2H3,(H,17,18). The molecule has 0 saturated carbocycles. The average molecular weight is 310 g/mol. The second kappa shape index (κ2) is 6.47. The SMILES string of the molecule is CCNc1ccc(C)cc1C(=O)NC1CCCS(=O)(=O)C1. The minimum Gasteiger partial charge on any atom is -0.385 e. The molecule has 1 unspecified atom stereocenters. The van der Waals surface area contributed by atoms with Crippen molar-refractivity contribution < 1.29 is 13.2 Å². The Bertz CT molecular complexity index is 626. The predicted octanol–water partition coefficient (Wildman–Crippen LogP) is 1.73. The smallest absolute Gasteiger partial charge is 0.253 e. The van der Waals surface area contributed by atoms with Gasteiger partial charge < -0.3 is 10.6 Å². The largest absolute Gasteiger partial charge is 0.385 e. The van der Waals surface area contributed by atoms with Crippen LogP contribution < -0.4 is 10.6 Å². The van der Waals surface area contributed by atoms with Gasteiger partial charge in [0.15, 0.2) is 9.84 Å². The Hall–Kier alpha value is -1.56.